The highest BCUT2D eigenvalue weighted by Crippen LogP contribution is 2.45. The van der Waals surface area contributed by atoms with Gasteiger partial charge in [0.2, 0.25) is 0 Å². The largest absolute Gasteiger partial charge is 0.455 e. The molecule has 1 aliphatic carbocycles. The van der Waals surface area contributed by atoms with E-state index in [0.717, 1.165) is 18.6 Å². The predicted octanol–water partition coefficient (Wildman–Crippen LogP) is 4.87. The summed E-state index contributed by atoms with van der Waals surface area (Å²) in [6.07, 6.45) is -3.18. The van der Waals surface area contributed by atoms with E-state index in [4.69, 9.17) is 16.3 Å². The van der Waals surface area contributed by atoms with Crippen molar-refractivity contribution < 1.29 is 32.4 Å². The molecular weight excluding hydrogens is 441 g/mol. The maximum atomic E-state index is 13.2. The Balaban J connectivity index is 1.70. The zero-order chi connectivity index (χ0) is 22.8. The van der Waals surface area contributed by atoms with Gasteiger partial charge in [-0.15, -0.1) is 0 Å². The number of anilines is 1. The topological polar surface area (TPSA) is 98.5 Å². The fraction of sp³-hybridized carbons (Fsp3) is 0.300. The summed E-state index contributed by atoms with van der Waals surface area (Å²) in [6.45, 7) is -0.810. The van der Waals surface area contributed by atoms with Crippen LogP contribution in [0.4, 0.5) is 24.5 Å². The number of nitrogens with one attached hydrogen (secondary N) is 1. The monoisotopic (exact) mass is 456 g/mol. The highest BCUT2D eigenvalue weighted by atomic mass is 35.5. The van der Waals surface area contributed by atoms with Gasteiger partial charge in [-0.1, -0.05) is 30.2 Å². The Morgan fingerprint density at radius 3 is 2.45 bits per heavy atom. The zero-order valence-corrected chi connectivity index (χ0v) is 16.6. The van der Waals surface area contributed by atoms with Gasteiger partial charge in [0.25, 0.3) is 11.6 Å². The van der Waals surface area contributed by atoms with Crippen LogP contribution in [0.5, 0.6) is 0 Å². The van der Waals surface area contributed by atoms with Gasteiger partial charge in [0.1, 0.15) is 0 Å². The van der Waals surface area contributed by atoms with E-state index in [9.17, 15) is 32.9 Å². The number of esters is 1. The third-order valence-corrected chi connectivity index (χ3v) is 5.34. The Morgan fingerprint density at radius 1 is 1.19 bits per heavy atom. The summed E-state index contributed by atoms with van der Waals surface area (Å²) < 4.78 is 44.7. The average Bonchev–Trinajstić information content (AvgIpc) is 2.65. The highest BCUT2D eigenvalue weighted by Gasteiger charge is 2.47. The normalized spacial score (nSPS) is 15.0. The number of halogens is 4. The summed E-state index contributed by atoms with van der Waals surface area (Å²) in [7, 11) is 0. The van der Waals surface area contributed by atoms with Crippen molar-refractivity contribution in [2.75, 3.05) is 11.9 Å². The lowest BCUT2D eigenvalue weighted by Gasteiger charge is -2.39. The van der Waals surface area contributed by atoms with Crippen LogP contribution in [0.1, 0.15) is 30.4 Å². The number of non-ortho nitro benzene ring substituents is 1. The molecule has 2 aromatic carbocycles. The van der Waals surface area contributed by atoms with Crippen molar-refractivity contribution in [3.63, 3.8) is 0 Å². The van der Waals surface area contributed by atoms with Crippen molar-refractivity contribution in [1.29, 1.82) is 0 Å². The molecule has 164 valence electrons. The molecule has 31 heavy (non-hydrogen) atoms. The zero-order valence-electron chi connectivity index (χ0n) is 15.9. The van der Waals surface area contributed by atoms with Crippen LogP contribution >= 0.6 is 11.6 Å². The lowest BCUT2D eigenvalue weighted by molar-refractivity contribution is -0.385. The molecule has 1 fully saturated rings. The Bertz CT molecular complexity index is 1040. The van der Waals surface area contributed by atoms with Gasteiger partial charge in [0.05, 0.1) is 21.6 Å². The Labute approximate surface area is 179 Å². The van der Waals surface area contributed by atoms with Crippen LogP contribution in [0.15, 0.2) is 42.5 Å². The first-order valence-electron chi connectivity index (χ1n) is 9.12. The quantitative estimate of drug-likeness (QED) is 0.380. The number of nitrogens with zero attached hydrogens (tertiary/aromatic N) is 1. The van der Waals surface area contributed by atoms with Crippen LogP contribution < -0.4 is 5.32 Å². The van der Waals surface area contributed by atoms with Gasteiger partial charge in [0, 0.05) is 17.2 Å². The van der Waals surface area contributed by atoms with Gasteiger partial charge in [-0.2, -0.15) is 13.2 Å². The second-order valence-corrected chi connectivity index (χ2v) is 7.49. The fourth-order valence-corrected chi connectivity index (χ4v) is 3.56. The summed E-state index contributed by atoms with van der Waals surface area (Å²) in [6, 6.07) is 8.63. The van der Waals surface area contributed by atoms with Crippen molar-refractivity contribution in [2.45, 2.75) is 30.9 Å². The minimum absolute atomic E-state index is 0.324. The Hall–Kier alpha value is -3.14. The van der Waals surface area contributed by atoms with Crippen molar-refractivity contribution in [2.24, 2.45) is 0 Å². The molecule has 1 N–H and O–H groups in total. The maximum absolute atomic E-state index is 13.2. The number of hydrogen-bond acceptors (Lipinski definition) is 5. The van der Waals surface area contributed by atoms with Crippen molar-refractivity contribution in [3.05, 3.63) is 68.7 Å². The second kappa shape index (κ2) is 8.54. The summed E-state index contributed by atoms with van der Waals surface area (Å²) >= 11 is 5.99. The number of benzene rings is 2. The maximum Gasteiger partial charge on any atom is 0.418 e. The number of carbonyl (C=O) groups excluding carboxylic acids is 2. The summed E-state index contributed by atoms with van der Waals surface area (Å²) in [5, 5.41) is 13.2. The molecule has 1 aliphatic rings. The van der Waals surface area contributed by atoms with Gasteiger partial charge in [0.15, 0.2) is 6.61 Å². The predicted molar refractivity (Wildman–Crippen MR) is 105 cm³/mol. The van der Waals surface area contributed by atoms with Crippen molar-refractivity contribution >= 4 is 34.9 Å². The van der Waals surface area contributed by atoms with Gasteiger partial charge in [-0.25, -0.2) is 0 Å². The highest BCUT2D eigenvalue weighted by molar-refractivity contribution is 6.30. The molecule has 0 aromatic heterocycles. The lowest BCUT2D eigenvalue weighted by atomic mass is 9.64. The molecule has 0 aliphatic heterocycles. The molecule has 7 nitrogen and oxygen atoms in total. The molecule has 0 saturated heterocycles. The molecule has 3 rings (SSSR count). The smallest absolute Gasteiger partial charge is 0.418 e. The molecule has 0 bridgehead atoms. The van der Waals surface area contributed by atoms with E-state index < -0.39 is 51.9 Å². The molecule has 2 aromatic rings. The number of rotatable bonds is 6. The molecule has 0 radical (unpaired) electrons. The number of alkyl halides is 3. The molecule has 11 heteroatoms. The van der Waals surface area contributed by atoms with Crippen LogP contribution in [0.25, 0.3) is 0 Å². The van der Waals surface area contributed by atoms with E-state index in [1.54, 1.807) is 24.3 Å². The number of nitro benzene ring substituents is 1. The third kappa shape index (κ3) is 4.79. The standard InChI is InChI=1S/C20H16ClF3N2O5/c21-13-4-1-3-12(9-13)19(7-2-8-19)18(28)31-11-17(27)25-16-6-5-14(26(29)30)10-15(16)20(22,23)24/h1,3-6,9-10H,2,7-8,11H2,(H,25,27). The number of hydrogen-bond donors (Lipinski definition) is 1. The van der Waals surface area contributed by atoms with Gasteiger partial charge in [-0.05, 0) is 36.6 Å². The number of ether oxygens (including phenoxy) is 1. The summed E-state index contributed by atoms with van der Waals surface area (Å²) in [5.41, 5.74) is -3.13. The lowest BCUT2D eigenvalue weighted by Crippen LogP contribution is -2.44. The Morgan fingerprint density at radius 2 is 1.90 bits per heavy atom. The van der Waals surface area contributed by atoms with Crippen LogP contribution in [0.3, 0.4) is 0 Å². The number of amides is 1. The average molecular weight is 457 g/mol. The Kier molecular flexibility index (Phi) is 6.21. The van der Waals surface area contributed by atoms with Crippen LogP contribution in [-0.2, 0) is 25.9 Å². The first-order valence-corrected chi connectivity index (χ1v) is 9.49. The molecule has 0 unspecified atom stereocenters. The van der Waals surface area contributed by atoms with Gasteiger partial charge >= 0.3 is 12.1 Å². The molecule has 1 saturated carbocycles. The van der Waals surface area contributed by atoms with Gasteiger partial charge < -0.3 is 10.1 Å². The van der Waals surface area contributed by atoms with E-state index >= 15 is 0 Å². The molecule has 0 atom stereocenters. The second-order valence-electron chi connectivity index (χ2n) is 7.06. The van der Waals surface area contributed by atoms with E-state index in [2.05, 4.69) is 0 Å². The molecule has 0 spiro atoms. The van der Waals surface area contributed by atoms with Crippen LogP contribution in [0, 0.1) is 10.1 Å². The third-order valence-electron chi connectivity index (χ3n) is 5.10. The van der Waals surface area contributed by atoms with E-state index in [0.29, 0.717) is 29.5 Å². The number of carbonyl (C=O) groups is 2. The van der Waals surface area contributed by atoms with Crippen molar-refractivity contribution in [1.82, 2.24) is 0 Å². The molecular formula is C20H16ClF3N2O5. The fourth-order valence-electron chi connectivity index (χ4n) is 3.37. The minimum atomic E-state index is -4.94. The van der Waals surface area contributed by atoms with E-state index in [1.807, 2.05) is 5.32 Å². The van der Waals surface area contributed by atoms with Gasteiger partial charge in [-0.3, -0.25) is 19.7 Å². The first kappa shape index (κ1) is 22.5. The van der Waals surface area contributed by atoms with Crippen molar-refractivity contribution in [3.8, 4) is 0 Å². The molecule has 0 heterocycles. The summed E-state index contributed by atoms with van der Waals surface area (Å²) in [4.78, 5) is 34.6. The minimum Gasteiger partial charge on any atom is -0.455 e. The van der Waals surface area contributed by atoms with Crippen LogP contribution in [0.2, 0.25) is 5.02 Å². The summed E-state index contributed by atoms with van der Waals surface area (Å²) in [5.74, 6) is -1.68. The first-order chi connectivity index (χ1) is 14.5. The van der Waals surface area contributed by atoms with E-state index in [1.165, 1.54) is 0 Å². The molecule has 1 amide bonds. The van der Waals surface area contributed by atoms with E-state index in [-0.39, 0.29) is 0 Å². The SMILES string of the molecule is O=C(COC(=O)C1(c2cccc(Cl)c2)CCC1)Nc1ccc([N+](=O)[O-])cc1C(F)(F)F. The number of nitro groups is 1. The van der Waals surface area contributed by atoms with Crippen LogP contribution in [-0.4, -0.2) is 23.4 Å².